The Morgan fingerprint density at radius 3 is 2.84 bits per heavy atom. The lowest BCUT2D eigenvalue weighted by atomic mass is 9.98. The summed E-state index contributed by atoms with van der Waals surface area (Å²) >= 11 is 0. The molecule has 25 heavy (non-hydrogen) atoms. The van der Waals surface area contributed by atoms with Gasteiger partial charge in [0.2, 0.25) is 5.88 Å². The molecule has 2 aromatic heterocycles. The second kappa shape index (κ2) is 6.66. The van der Waals surface area contributed by atoms with Crippen molar-refractivity contribution < 1.29 is 9.53 Å². The molecule has 1 saturated carbocycles. The fraction of sp³-hybridized carbons (Fsp3) is 0.444. The molecule has 7 heteroatoms. The van der Waals surface area contributed by atoms with Gasteiger partial charge in [-0.1, -0.05) is 0 Å². The number of nitrogens with zero attached hydrogens (tertiary/aromatic N) is 4. The number of rotatable bonds is 4. The maximum absolute atomic E-state index is 12.7. The van der Waals surface area contributed by atoms with Gasteiger partial charge in [-0.3, -0.25) is 9.78 Å². The normalized spacial score (nSPS) is 24.8. The monoisotopic (exact) mass is 339 g/mol. The summed E-state index contributed by atoms with van der Waals surface area (Å²) < 4.78 is 5.05. The summed E-state index contributed by atoms with van der Waals surface area (Å²) in [4.78, 5) is 27.2. The number of anilines is 1. The molecule has 0 aromatic carbocycles. The average Bonchev–Trinajstić information content (AvgIpc) is 3.24. The van der Waals surface area contributed by atoms with E-state index in [2.05, 4.69) is 20.3 Å². The van der Waals surface area contributed by atoms with Gasteiger partial charge in [0.1, 0.15) is 5.82 Å². The lowest BCUT2D eigenvalue weighted by molar-refractivity contribution is 0.0779. The van der Waals surface area contributed by atoms with Crippen LogP contribution in [0.1, 0.15) is 23.2 Å². The van der Waals surface area contributed by atoms with Crippen LogP contribution in [0, 0.1) is 11.8 Å². The van der Waals surface area contributed by atoms with Crippen molar-refractivity contribution in [2.75, 3.05) is 25.5 Å². The summed E-state index contributed by atoms with van der Waals surface area (Å²) in [6, 6.07) is 3.84. The van der Waals surface area contributed by atoms with Crippen molar-refractivity contribution in [3.05, 3.63) is 42.5 Å². The molecule has 7 nitrogen and oxygen atoms in total. The number of carbonyl (C=O) groups is 1. The summed E-state index contributed by atoms with van der Waals surface area (Å²) in [6.45, 7) is 1.58. The van der Waals surface area contributed by atoms with Crippen LogP contribution in [-0.2, 0) is 0 Å². The minimum atomic E-state index is 0.0443. The highest BCUT2D eigenvalue weighted by Crippen LogP contribution is 2.39. The maximum Gasteiger partial charge on any atom is 0.255 e. The molecular formula is C18H21N5O2. The first-order chi connectivity index (χ1) is 12.2. The smallest absolute Gasteiger partial charge is 0.255 e. The second-order valence-electron chi connectivity index (χ2n) is 6.64. The molecule has 3 atom stereocenters. The lowest BCUT2D eigenvalue weighted by Crippen LogP contribution is -2.33. The van der Waals surface area contributed by atoms with Crippen molar-refractivity contribution in [2.24, 2.45) is 11.8 Å². The summed E-state index contributed by atoms with van der Waals surface area (Å²) in [6.07, 6.45) is 8.93. The van der Waals surface area contributed by atoms with E-state index in [-0.39, 0.29) is 5.91 Å². The Labute approximate surface area is 146 Å². The van der Waals surface area contributed by atoms with E-state index in [1.807, 2.05) is 4.90 Å². The Morgan fingerprint density at radius 1 is 1.20 bits per heavy atom. The van der Waals surface area contributed by atoms with Gasteiger partial charge in [0, 0.05) is 49.7 Å². The topological polar surface area (TPSA) is 80.2 Å². The molecule has 1 aliphatic heterocycles. The SMILES string of the molecule is COc1ccc(C(=O)N2C[C@H]3CC[C@@H](Nc4cnccn4)[C@H]3C2)cn1. The fourth-order valence-corrected chi connectivity index (χ4v) is 3.98. The van der Waals surface area contributed by atoms with Gasteiger partial charge in [-0.25, -0.2) is 9.97 Å². The number of fused-ring (bicyclic) bond motifs is 1. The molecule has 0 bridgehead atoms. The number of ether oxygens (including phenoxy) is 1. The molecule has 130 valence electrons. The maximum atomic E-state index is 12.7. The van der Waals surface area contributed by atoms with E-state index in [1.54, 1.807) is 44.0 Å². The summed E-state index contributed by atoms with van der Waals surface area (Å²) in [7, 11) is 1.57. The van der Waals surface area contributed by atoms with E-state index in [9.17, 15) is 4.79 Å². The lowest BCUT2D eigenvalue weighted by Gasteiger charge is -2.22. The first kappa shape index (κ1) is 15.8. The van der Waals surface area contributed by atoms with Crippen molar-refractivity contribution in [2.45, 2.75) is 18.9 Å². The molecule has 1 saturated heterocycles. The van der Waals surface area contributed by atoms with Gasteiger partial charge < -0.3 is 15.0 Å². The Kier molecular flexibility index (Phi) is 4.21. The van der Waals surface area contributed by atoms with Crippen LogP contribution in [0.3, 0.4) is 0 Å². The highest BCUT2D eigenvalue weighted by Gasteiger charge is 2.44. The van der Waals surface area contributed by atoms with Crippen molar-refractivity contribution >= 4 is 11.7 Å². The van der Waals surface area contributed by atoms with Gasteiger partial charge in [0.15, 0.2) is 0 Å². The highest BCUT2D eigenvalue weighted by atomic mass is 16.5. The van der Waals surface area contributed by atoms with Gasteiger partial charge in [-0.15, -0.1) is 0 Å². The molecule has 4 rings (SSSR count). The van der Waals surface area contributed by atoms with Crippen molar-refractivity contribution in [3.8, 4) is 5.88 Å². The molecule has 3 heterocycles. The van der Waals surface area contributed by atoms with E-state index < -0.39 is 0 Å². The number of hydrogen-bond donors (Lipinski definition) is 1. The summed E-state index contributed by atoms with van der Waals surface area (Å²) in [5.74, 6) is 2.37. The zero-order valence-electron chi connectivity index (χ0n) is 14.1. The first-order valence-corrected chi connectivity index (χ1v) is 8.56. The third-order valence-electron chi connectivity index (χ3n) is 5.23. The van der Waals surface area contributed by atoms with Gasteiger partial charge in [-0.2, -0.15) is 0 Å². The predicted octanol–water partition coefficient (Wildman–Crippen LogP) is 1.84. The zero-order chi connectivity index (χ0) is 17.2. The van der Waals surface area contributed by atoms with Crippen LogP contribution in [0.2, 0.25) is 0 Å². The zero-order valence-corrected chi connectivity index (χ0v) is 14.1. The molecule has 0 radical (unpaired) electrons. The van der Waals surface area contributed by atoms with Crippen LogP contribution >= 0.6 is 0 Å². The molecule has 1 N–H and O–H groups in total. The molecule has 1 amide bonds. The van der Waals surface area contributed by atoms with Gasteiger partial charge in [0.05, 0.1) is 18.9 Å². The van der Waals surface area contributed by atoms with E-state index in [0.717, 1.165) is 31.7 Å². The minimum absolute atomic E-state index is 0.0443. The van der Waals surface area contributed by atoms with Gasteiger partial charge in [0.25, 0.3) is 5.91 Å². The average molecular weight is 339 g/mol. The second-order valence-corrected chi connectivity index (χ2v) is 6.64. The van der Waals surface area contributed by atoms with Crippen LogP contribution in [0.5, 0.6) is 5.88 Å². The standard InChI is InChI=1S/C18H21N5O2/c1-25-17-5-3-12(8-21-17)18(24)23-10-13-2-4-15(14(13)11-23)22-16-9-19-6-7-20-16/h3,5-9,13-15H,2,4,10-11H2,1H3,(H,20,22)/t13-,14+,15-/m1/s1. The molecular weight excluding hydrogens is 318 g/mol. The largest absolute Gasteiger partial charge is 0.481 e. The molecule has 1 aliphatic carbocycles. The first-order valence-electron chi connectivity index (χ1n) is 8.56. The van der Waals surface area contributed by atoms with Crippen LogP contribution in [0.4, 0.5) is 5.82 Å². The molecule has 0 unspecified atom stereocenters. The third kappa shape index (κ3) is 3.14. The van der Waals surface area contributed by atoms with Gasteiger partial charge in [-0.05, 0) is 24.8 Å². The Balaban J connectivity index is 1.42. The van der Waals surface area contributed by atoms with Crippen LogP contribution in [0.25, 0.3) is 0 Å². The quantitative estimate of drug-likeness (QED) is 0.915. The number of pyridine rings is 1. The predicted molar refractivity (Wildman–Crippen MR) is 92.3 cm³/mol. The van der Waals surface area contributed by atoms with Crippen LogP contribution < -0.4 is 10.1 Å². The van der Waals surface area contributed by atoms with Gasteiger partial charge >= 0.3 is 0 Å². The Morgan fingerprint density at radius 2 is 2.12 bits per heavy atom. The molecule has 2 aromatic rings. The molecule has 2 aliphatic rings. The number of methoxy groups -OCH3 is 1. The van der Waals surface area contributed by atoms with Crippen molar-refractivity contribution in [3.63, 3.8) is 0 Å². The number of nitrogens with one attached hydrogen (secondary N) is 1. The van der Waals surface area contributed by atoms with Crippen molar-refractivity contribution in [1.29, 1.82) is 0 Å². The fourth-order valence-electron chi connectivity index (χ4n) is 3.98. The summed E-state index contributed by atoms with van der Waals surface area (Å²) in [5.41, 5.74) is 0.610. The molecule has 2 fully saturated rings. The number of likely N-dealkylation sites (tertiary alicyclic amines) is 1. The third-order valence-corrected chi connectivity index (χ3v) is 5.23. The van der Waals surface area contributed by atoms with Crippen molar-refractivity contribution in [1.82, 2.24) is 19.9 Å². The number of hydrogen-bond acceptors (Lipinski definition) is 6. The van der Waals surface area contributed by atoms with Crippen LogP contribution in [-0.4, -0.2) is 52.0 Å². The summed E-state index contributed by atoms with van der Waals surface area (Å²) in [5, 5.41) is 3.49. The highest BCUT2D eigenvalue weighted by molar-refractivity contribution is 5.94. The van der Waals surface area contributed by atoms with E-state index in [0.29, 0.717) is 29.3 Å². The number of carbonyl (C=O) groups excluding carboxylic acids is 1. The molecule has 0 spiro atoms. The van der Waals surface area contributed by atoms with E-state index in [4.69, 9.17) is 4.74 Å². The van der Waals surface area contributed by atoms with E-state index in [1.165, 1.54) is 0 Å². The number of amides is 1. The van der Waals surface area contributed by atoms with Crippen LogP contribution in [0.15, 0.2) is 36.9 Å². The van der Waals surface area contributed by atoms with E-state index >= 15 is 0 Å². The number of aromatic nitrogens is 3. The Bertz CT molecular complexity index is 737. The Hall–Kier alpha value is -2.70. The minimum Gasteiger partial charge on any atom is -0.481 e.